The van der Waals surface area contributed by atoms with Crippen LogP contribution in [0.1, 0.15) is 43.5 Å². The number of carbonyl (C=O) groups excluding carboxylic acids is 2. The Hall–Kier alpha value is -2.04. The van der Waals surface area contributed by atoms with Gasteiger partial charge in [0.1, 0.15) is 5.75 Å². The highest BCUT2D eigenvalue weighted by molar-refractivity contribution is 6.06. The molecule has 3 rings (SSSR count). The molecule has 1 aromatic carbocycles. The van der Waals surface area contributed by atoms with Crippen LogP contribution in [-0.2, 0) is 4.79 Å². The SMILES string of the molecule is CC1CCCC(C)N1C(=O)c1cccc2c1NC(=O)CO2. The summed E-state index contributed by atoms with van der Waals surface area (Å²) in [6.07, 6.45) is 3.20. The van der Waals surface area contributed by atoms with Gasteiger partial charge in [0.2, 0.25) is 0 Å². The number of likely N-dealkylation sites (tertiary alicyclic amines) is 1. The second-order valence-electron chi connectivity index (χ2n) is 5.86. The number of rotatable bonds is 1. The fourth-order valence-electron chi connectivity index (χ4n) is 3.24. The number of para-hydroxylation sites is 1. The van der Waals surface area contributed by atoms with E-state index in [-0.39, 0.29) is 30.5 Å². The van der Waals surface area contributed by atoms with Gasteiger partial charge in [-0.25, -0.2) is 0 Å². The highest BCUT2D eigenvalue weighted by Crippen LogP contribution is 2.34. The number of carbonyl (C=O) groups is 2. The summed E-state index contributed by atoms with van der Waals surface area (Å²) < 4.78 is 5.38. The van der Waals surface area contributed by atoms with E-state index in [0.29, 0.717) is 17.0 Å². The van der Waals surface area contributed by atoms with Crippen LogP contribution in [0.5, 0.6) is 5.75 Å². The van der Waals surface area contributed by atoms with Crippen LogP contribution in [0.3, 0.4) is 0 Å². The highest BCUT2D eigenvalue weighted by Gasteiger charge is 2.32. The van der Waals surface area contributed by atoms with Gasteiger partial charge in [0.05, 0.1) is 11.3 Å². The minimum absolute atomic E-state index is 0.00115. The van der Waals surface area contributed by atoms with Crippen LogP contribution < -0.4 is 10.1 Å². The Morgan fingerprint density at radius 2 is 2.00 bits per heavy atom. The first-order chi connectivity index (χ1) is 10.1. The zero-order valence-electron chi connectivity index (χ0n) is 12.4. The van der Waals surface area contributed by atoms with Crippen LogP contribution in [0.4, 0.5) is 5.69 Å². The lowest BCUT2D eigenvalue weighted by atomic mass is 9.96. The van der Waals surface area contributed by atoms with Gasteiger partial charge >= 0.3 is 0 Å². The van der Waals surface area contributed by atoms with Crippen LogP contribution >= 0.6 is 0 Å². The van der Waals surface area contributed by atoms with Crippen molar-refractivity contribution in [2.45, 2.75) is 45.2 Å². The smallest absolute Gasteiger partial charge is 0.262 e. The molecule has 21 heavy (non-hydrogen) atoms. The van der Waals surface area contributed by atoms with Crippen LogP contribution in [0, 0.1) is 0 Å². The van der Waals surface area contributed by atoms with Gasteiger partial charge in [-0.3, -0.25) is 9.59 Å². The molecule has 1 N–H and O–H groups in total. The number of fused-ring (bicyclic) bond motifs is 1. The first-order valence-corrected chi connectivity index (χ1v) is 7.46. The number of benzene rings is 1. The third kappa shape index (κ3) is 2.48. The largest absolute Gasteiger partial charge is 0.482 e. The average Bonchev–Trinajstić information content (AvgIpc) is 2.46. The molecule has 2 aliphatic rings. The van der Waals surface area contributed by atoms with Crippen molar-refractivity contribution in [3.63, 3.8) is 0 Å². The molecule has 0 saturated carbocycles. The van der Waals surface area contributed by atoms with E-state index >= 15 is 0 Å². The zero-order valence-corrected chi connectivity index (χ0v) is 12.4. The van der Waals surface area contributed by atoms with E-state index < -0.39 is 0 Å². The van der Waals surface area contributed by atoms with Gasteiger partial charge in [-0.2, -0.15) is 0 Å². The normalized spacial score (nSPS) is 24.9. The van der Waals surface area contributed by atoms with E-state index in [0.717, 1.165) is 19.3 Å². The molecule has 2 aliphatic heterocycles. The quantitative estimate of drug-likeness (QED) is 0.863. The van der Waals surface area contributed by atoms with Crippen molar-refractivity contribution in [2.75, 3.05) is 11.9 Å². The number of nitrogens with one attached hydrogen (secondary N) is 1. The second-order valence-corrected chi connectivity index (χ2v) is 5.86. The van der Waals surface area contributed by atoms with Crippen LogP contribution in [0.2, 0.25) is 0 Å². The summed E-state index contributed by atoms with van der Waals surface area (Å²) in [5.41, 5.74) is 1.02. The molecular weight excluding hydrogens is 268 g/mol. The Balaban J connectivity index is 1.96. The average molecular weight is 288 g/mol. The topological polar surface area (TPSA) is 58.6 Å². The van der Waals surface area contributed by atoms with Crippen molar-refractivity contribution >= 4 is 17.5 Å². The maximum atomic E-state index is 12.9. The first kappa shape index (κ1) is 13.9. The predicted octanol–water partition coefficient (Wildman–Crippen LogP) is 2.42. The predicted molar refractivity (Wildman–Crippen MR) is 79.5 cm³/mol. The maximum absolute atomic E-state index is 12.9. The molecular formula is C16H20N2O3. The minimum atomic E-state index is -0.220. The molecule has 2 atom stereocenters. The summed E-state index contributed by atoms with van der Waals surface area (Å²) >= 11 is 0. The Morgan fingerprint density at radius 1 is 1.29 bits per heavy atom. The van der Waals surface area contributed by atoms with E-state index in [1.165, 1.54) is 0 Å². The molecule has 0 aliphatic carbocycles. The number of hydrogen-bond donors (Lipinski definition) is 1. The van der Waals surface area contributed by atoms with Crippen molar-refractivity contribution in [3.8, 4) is 5.75 Å². The van der Waals surface area contributed by atoms with Gasteiger partial charge in [-0.1, -0.05) is 6.07 Å². The van der Waals surface area contributed by atoms with E-state index in [4.69, 9.17) is 4.74 Å². The molecule has 2 amide bonds. The lowest BCUT2D eigenvalue weighted by Crippen LogP contribution is -2.47. The monoisotopic (exact) mass is 288 g/mol. The van der Waals surface area contributed by atoms with Crippen LogP contribution in [0.15, 0.2) is 18.2 Å². The zero-order chi connectivity index (χ0) is 15.0. The minimum Gasteiger partial charge on any atom is -0.482 e. The first-order valence-electron chi connectivity index (χ1n) is 7.46. The van der Waals surface area contributed by atoms with Crippen molar-refractivity contribution < 1.29 is 14.3 Å². The standard InChI is InChI=1S/C16H20N2O3/c1-10-5-3-6-11(2)18(10)16(20)12-7-4-8-13-15(12)17-14(19)9-21-13/h4,7-8,10-11H,3,5-6,9H2,1-2H3,(H,17,19). The van der Waals surface area contributed by atoms with Crippen LogP contribution in [0.25, 0.3) is 0 Å². The molecule has 1 aromatic rings. The van der Waals surface area contributed by atoms with E-state index in [2.05, 4.69) is 19.2 Å². The summed E-state index contributed by atoms with van der Waals surface area (Å²) in [6.45, 7) is 4.16. The molecule has 112 valence electrons. The van der Waals surface area contributed by atoms with Gasteiger partial charge in [-0.15, -0.1) is 0 Å². The van der Waals surface area contributed by atoms with Crippen molar-refractivity contribution in [1.82, 2.24) is 4.90 Å². The molecule has 2 unspecified atom stereocenters. The molecule has 0 spiro atoms. The van der Waals surface area contributed by atoms with Gasteiger partial charge < -0.3 is 15.0 Å². The van der Waals surface area contributed by atoms with Gasteiger partial charge in [-0.05, 0) is 45.2 Å². The van der Waals surface area contributed by atoms with Gasteiger partial charge in [0, 0.05) is 12.1 Å². The maximum Gasteiger partial charge on any atom is 0.262 e. The Kier molecular flexibility index (Phi) is 3.57. The fraction of sp³-hybridized carbons (Fsp3) is 0.500. The fourth-order valence-corrected chi connectivity index (χ4v) is 3.24. The van der Waals surface area contributed by atoms with Crippen LogP contribution in [-0.4, -0.2) is 35.4 Å². The number of amides is 2. The summed E-state index contributed by atoms with van der Waals surface area (Å²) in [7, 11) is 0. The molecule has 5 heteroatoms. The lowest BCUT2D eigenvalue weighted by molar-refractivity contribution is -0.118. The Bertz CT molecular complexity index is 575. The second kappa shape index (κ2) is 5.39. The number of piperidine rings is 1. The molecule has 0 bridgehead atoms. The molecule has 0 aromatic heterocycles. The summed E-state index contributed by atoms with van der Waals surface area (Å²) in [5, 5.41) is 2.77. The van der Waals surface area contributed by atoms with Gasteiger partial charge in [0.25, 0.3) is 11.8 Å². The highest BCUT2D eigenvalue weighted by atomic mass is 16.5. The van der Waals surface area contributed by atoms with Crippen molar-refractivity contribution in [2.24, 2.45) is 0 Å². The summed E-state index contributed by atoms with van der Waals surface area (Å²) in [4.78, 5) is 26.4. The number of hydrogen-bond acceptors (Lipinski definition) is 3. The van der Waals surface area contributed by atoms with Crippen molar-refractivity contribution in [1.29, 1.82) is 0 Å². The lowest BCUT2D eigenvalue weighted by Gasteiger charge is -2.39. The number of nitrogens with zero attached hydrogens (tertiary/aromatic N) is 1. The third-order valence-corrected chi connectivity index (χ3v) is 4.31. The van der Waals surface area contributed by atoms with Crippen molar-refractivity contribution in [3.05, 3.63) is 23.8 Å². The summed E-state index contributed by atoms with van der Waals surface area (Å²) in [5.74, 6) is 0.317. The Morgan fingerprint density at radius 3 is 2.71 bits per heavy atom. The number of ether oxygens (including phenoxy) is 1. The third-order valence-electron chi connectivity index (χ3n) is 4.31. The molecule has 5 nitrogen and oxygen atoms in total. The van der Waals surface area contributed by atoms with E-state index in [9.17, 15) is 9.59 Å². The molecule has 1 saturated heterocycles. The molecule has 2 heterocycles. The number of anilines is 1. The summed E-state index contributed by atoms with van der Waals surface area (Å²) in [6, 6.07) is 5.76. The molecule has 1 fully saturated rings. The Labute approximate surface area is 124 Å². The molecule has 0 radical (unpaired) electrons. The van der Waals surface area contributed by atoms with E-state index in [1.54, 1.807) is 18.2 Å². The van der Waals surface area contributed by atoms with E-state index in [1.807, 2.05) is 4.90 Å². The van der Waals surface area contributed by atoms with Gasteiger partial charge in [0.15, 0.2) is 6.61 Å².